The third-order valence-corrected chi connectivity index (χ3v) is 15.4. The largest absolute Gasteiger partial charge is 0.478 e. The number of urea groups is 1. The molecule has 0 radical (unpaired) electrons. The minimum atomic E-state index is -1.10. The molecule has 0 bridgehead atoms. The van der Waals surface area contributed by atoms with E-state index in [-0.39, 0.29) is 92.7 Å². The van der Waals surface area contributed by atoms with Crippen molar-refractivity contribution in [2.45, 2.75) is 150 Å². The number of hydrogen-bond donors (Lipinski definition) is 9. The fourth-order valence-corrected chi connectivity index (χ4v) is 10.1. The second-order valence-electron chi connectivity index (χ2n) is 24.2. The predicted molar refractivity (Wildman–Crippen MR) is 333 cm³/mol. The number of ether oxygens (including phenoxy) is 1. The summed E-state index contributed by atoms with van der Waals surface area (Å²) < 4.78 is 5.54. The molecule has 86 heavy (non-hydrogen) atoms. The predicted octanol–water partition coefficient (Wildman–Crippen LogP) is 7.24. The highest BCUT2D eigenvalue weighted by Crippen LogP contribution is 2.31. The normalized spacial score (nSPS) is 14.1. The summed E-state index contributed by atoms with van der Waals surface area (Å²) in [5.41, 5.74) is 10.1. The average Bonchev–Trinajstić information content (AvgIpc) is 1.55. The van der Waals surface area contributed by atoms with Gasteiger partial charge in [0.25, 0.3) is 0 Å². The Labute approximate surface area is 506 Å². The van der Waals surface area contributed by atoms with Crippen molar-refractivity contribution in [3.63, 3.8) is 0 Å². The van der Waals surface area contributed by atoms with Gasteiger partial charge < -0.3 is 57.7 Å². The molecule has 4 aromatic carbocycles. The van der Waals surface area contributed by atoms with E-state index in [0.717, 1.165) is 22.3 Å². The van der Waals surface area contributed by atoms with Crippen molar-refractivity contribution >= 4 is 59.0 Å². The molecule has 20 nitrogen and oxygen atoms in total. The highest BCUT2D eigenvalue weighted by Gasteiger charge is 2.39. The number of amides is 8. The zero-order chi connectivity index (χ0) is 63.5. The molecule has 1 heterocycles. The monoisotopic (exact) mass is 1180 g/mol. The Hall–Kier alpha value is -8.54. The summed E-state index contributed by atoms with van der Waals surface area (Å²) in [7, 11) is 3.69. The number of nitrogens with one attached hydrogen (secondary N) is 7. The van der Waals surface area contributed by atoms with Crippen LogP contribution in [0.1, 0.15) is 128 Å². The van der Waals surface area contributed by atoms with Crippen LogP contribution in [0.15, 0.2) is 109 Å². The maximum Gasteiger partial charge on any atom is 0.407 e. The zero-order valence-electron chi connectivity index (χ0n) is 51.8. The van der Waals surface area contributed by atoms with E-state index in [0.29, 0.717) is 29.0 Å². The number of anilines is 2. The minimum absolute atomic E-state index is 0.0911. The van der Waals surface area contributed by atoms with Gasteiger partial charge in [-0.25, -0.2) is 14.4 Å². The van der Waals surface area contributed by atoms with Crippen LogP contribution in [-0.4, -0.2) is 115 Å². The third kappa shape index (κ3) is 20.0. The van der Waals surface area contributed by atoms with Crippen molar-refractivity contribution in [2.75, 3.05) is 37.4 Å². The lowest BCUT2D eigenvalue weighted by molar-refractivity contribution is -0.132. The van der Waals surface area contributed by atoms with Crippen molar-refractivity contribution in [1.82, 2.24) is 36.8 Å². The molecule has 4 aromatic rings. The third-order valence-electron chi connectivity index (χ3n) is 15.4. The van der Waals surface area contributed by atoms with Gasteiger partial charge in [0.05, 0.1) is 18.3 Å². The van der Waals surface area contributed by atoms with E-state index in [4.69, 9.17) is 10.5 Å². The maximum atomic E-state index is 14.2. The molecule has 1 aliphatic rings. The average molecular weight is 1180 g/mol. The highest BCUT2D eigenvalue weighted by molar-refractivity contribution is 6.00. The van der Waals surface area contributed by atoms with Gasteiger partial charge in [0.15, 0.2) is 0 Å². The number of nitrogens with two attached hydrogens (primary N) is 1. The van der Waals surface area contributed by atoms with E-state index in [2.05, 4.69) is 74.7 Å². The zero-order valence-corrected chi connectivity index (χ0v) is 51.8. The Morgan fingerprint density at radius 2 is 1.43 bits per heavy atom. The van der Waals surface area contributed by atoms with Crippen molar-refractivity contribution in [3.05, 3.63) is 142 Å². The first-order chi connectivity index (χ1) is 40.6. The molecule has 0 aliphatic carbocycles. The summed E-state index contributed by atoms with van der Waals surface area (Å²) >= 11 is 0. The van der Waals surface area contributed by atoms with Crippen LogP contribution in [-0.2, 0) is 58.6 Å². The molecule has 0 fully saturated rings. The van der Waals surface area contributed by atoms with Crippen LogP contribution < -0.4 is 47.9 Å². The number of nitrogens with zero attached hydrogens (tertiary/aromatic N) is 2. The number of carboxylic acids is 1. The molecule has 1 aliphatic heterocycles. The van der Waals surface area contributed by atoms with Crippen LogP contribution in [0.5, 0.6) is 0 Å². The van der Waals surface area contributed by atoms with Gasteiger partial charge in [0, 0.05) is 72.4 Å². The van der Waals surface area contributed by atoms with Crippen LogP contribution in [0.4, 0.5) is 21.0 Å². The highest BCUT2D eigenvalue weighted by atomic mass is 16.5. The molecular weight excluding hydrogens is 1090 g/mol. The summed E-state index contributed by atoms with van der Waals surface area (Å²) in [6, 6.07) is 25.1. The van der Waals surface area contributed by atoms with Gasteiger partial charge in [-0.3, -0.25) is 28.9 Å². The molecule has 0 saturated heterocycles. The Kier molecular flexibility index (Phi) is 25.0. The van der Waals surface area contributed by atoms with Crippen molar-refractivity contribution in [2.24, 2.45) is 23.0 Å². The summed E-state index contributed by atoms with van der Waals surface area (Å²) in [4.78, 5) is 109. The molecule has 10 N–H and O–H groups in total. The first kappa shape index (κ1) is 68.2. The van der Waals surface area contributed by atoms with Crippen LogP contribution >= 0.6 is 0 Å². The van der Waals surface area contributed by atoms with Crippen molar-refractivity contribution < 1.29 is 48.2 Å². The second-order valence-corrected chi connectivity index (χ2v) is 24.2. The van der Waals surface area contributed by atoms with Gasteiger partial charge in [-0.15, -0.1) is 0 Å². The van der Waals surface area contributed by atoms with Crippen molar-refractivity contribution in [3.8, 4) is 11.8 Å². The standard InChI is InChI=1S/C66H88N10O10/c1-41(2)53(35-43(5)62(82)83)75(12)39-54(65(6,7)8)73-61(81)58(68-11)66(9,10)49-23-17-19-45(36-49)37-70-64(85)86-40-44-26-30-50(31-27-44)71-59(79)51(24-18-34-69-63(67)84)72-60(80)57(42(3)4)74-55(77)32-33-56(78)76-38-48-22-14-13-20-46(48)28-29-47-21-15-16-25-52(47)76/h13-17,19-23,25-27,30-31,35-36,41-42,51,53-54,57-58,68H,18,24,32-34,37-40H2,1-12H3,(H,70,85)(H,71,79)(H,72,80)(H,73,81)(H,74,77)(H,82,83)(H3,67,69,84)/b43-35+/t51-,53+,54+,57-,58-/m0/s1. The topological polar surface area (TPSA) is 283 Å². The molecule has 5 rings (SSSR count). The van der Waals surface area contributed by atoms with Crippen LogP contribution in [0.2, 0.25) is 0 Å². The number of aliphatic carboxylic acids is 1. The Morgan fingerprint density at radius 3 is 2.07 bits per heavy atom. The number of benzene rings is 4. The van der Waals surface area contributed by atoms with Gasteiger partial charge in [-0.1, -0.05) is 147 Å². The maximum absolute atomic E-state index is 14.2. The summed E-state index contributed by atoms with van der Waals surface area (Å²) in [6.45, 7) is 20.2. The van der Waals surface area contributed by atoms with Crippen LogP contribution in [0.3, 0.4) is 0 Å². The van der Waals surface area contributed by atoms with Gasteiger partial charge >= 0.3 is 18.1 Å². The van der Waals surface area contributed by atoms with E-state index >= 15 is 0 Å². The van der Waals surface area contributed by atoms with Gasteiger partial charge in [0.1, 0.15) is 18.7 Å². The summed E-state index contributed by atoms with van der Waals surface area (Å²) in [5.74, 6) is 2.91. The van der Waals surface area contributed by atoms with Gasteiger partial charge in [-0.05, 0) is 104 Å². The number of carboxylic acid groups (broad SMARTS) is 1. The lowest BCUT2D eigenvalue weighted by Gasteiger charge is -2.40. The van der Waals surface area contributed by atoms with E-state index in [1.807, 2.05) is 108 Å². The molecule has 0 unspecified atom stereocenters. The molecule has 8 amide bonds. The molecule has 0 aromatic heterocycles. The molecule has 462 valence electrons. The number of rotatable bonds is 28. The van der Waals surface area contributed by atoms with E-state index < -0.39 is 65.3 Å². The lowest BCUT2D eigenvalue weighted by Crippen LogP contribution is -2.59. The number of carbonyl (C=O) groups is 8. The summed E-state index contributed by atoms with van der Waals surface area (Å²) in [6.07, 6.45) is 1.11. The summed E-state index contributed by atoms with van der Waals surface area (Å²) in [5, 5.41) is 29.8. The van der Waals surface area contributed by atoms with Crippen LogP contribution in [0.25, 0.3) is 0 Å². The molecule has 5 atom stereocenters. The van der Waals surface area contributed by atoms with Crippen LogP contribution in [0, 0.1) is 29.1 Å². The number of hydrogen-bond acceptors (Lipinski definition) is 11. The Morgan fingerprint density at radius 1 is 0.767 bits per heavy atom. The molecule has 0 saturated carbocycles. The quantitative estimate of drug-likeness (QED) is 0.0155. The van der Waals surface area contributed by atoms with E-state index in [9.17, 15) is 43.5 Å². The number of likely N-dealkylation sites (N-methyl/N-ethyl adjacent to an activating group) is 2. The molecular formula is C66H88N10O10. The number of alkyl carbamates (subject to hydrolysis) is 1. The van der Waals surface area contributed by atoms with E-state index in [1.54, 1.807) is 63.1 Å². The number of carbonyl (C=O) groups excluding carboxylic acids is 7. The minimum Gasteiger partial charge on any atom is -0.478 e. The van der Waals surface area contributed by atoms with Gasteiger partial charge in [0.2, 0.25) is 29.5 Å². The van der Waals surface area contributed by atoms with E-state index in [1.165, 1.54) is 0 Å². The fraction of sp³-hybridized carbons (Fsp3) is 0.455. The first-order valence-corrected chi connectivity index (χ1v) is 29.2. The fourth-order valence-electron chi connectivity index (χ4n) is 10.1. The SMILES string of the molecule is CN[C@@H](C(=O)N[C@H](CN(C)[C@H](/C=C(\C)C(=O)O)C(C)C)C(C)(C)C)C(C)(C)c1cccc(CNC(=O)OCc2ccc(NC(=O)[C@H](CCCNC(N)=O)NC(=O)[C@@H](NC(=O)CCC(=O)N3Cc4ccccc4C#Cc4ccccc43)C(C)C)cc2)c1. The lowest BCUT2D eigenvalue weighted by atomic mass is 9.76. The van der Waals surface area contributed by atoms with Crippen molar-refractivity contribution in [1.29, 1.82) is 0 Å². The smallest absolute Gasteiger partial charge is 0.407 e. The Bertz CT molecular complexity index is 3140. The van der Waals surface area contributed by atoms with Gasteiger partial charge in [-0.2, -0.15) is 0 Å². The second kappa shape index (κ2) is 31.6. The number of fused-ring (bicyclic) bond motifs is 2. The molecule has 0 spiro atoms. The first-order valence-electron chi connectivity index (χ1n) is 29.2. The Balaban J connectivity index is 1.15. The number of para-hydroxylation sites is 1. The number of primary amides is 1. The molecule has 20 heteroatoms.